The van der Waals surface area contributed by atoms with Crippen LogP contribution in [0.5, 0.6) is 0 Å². The van der Waals surface area contributed by atoms with Crippen molar-refractivity contribution in [1.82, 2.24) is 5.32 Å². The number of nitro groups is 1. The molecule has 4 atom stereocenters. The summed E-state index contributed by atoms with van der Waals surface area (Å²) in [5.74, 6) is -1.12. The van der Waals surface area contributed by atoms with Crippen molar-refractivity contribution in [3.05, 3.63) is 79.8 Å². The van der Waals surface area contributed by atoms with Crippen molar-refractivity contribution in [3.63, 3.8) is 0 Å². The van der Waals surface area contributed by atoms with Crippen molar-refractivity contribution >= 4 is 21.9 Å². The number of nitrogens with zero attached hydrogens (tertiary/aromatic N) is 1. The van der Waals surface area contributed by atoms with E-state index in [9.17, 15) is 14.9 Å². The zero-order valence-electron chi connectivity index (χ0n) is 14.4. The molecule has 6 nitrogen and oxygen atoms in total. The zero-order chi connectivity index (χ0) is 18.8. The minimum Gasteiger partial charge on any atom is -0.468 e. The van der Waals surface area contributed by atoms with Gasteiger partial charge in [0.25, 0.3) is 0 Å². The fraction of sp³-hybridized carbons (Fsp3) is 0.316. The second kappa shape index (κ2) is 7.55. The van der Waals surface area contributed by atoms with E-state index in [1.165, 1.54) is 7.11 Å². The van der Waals surface area contributed by atoms with Gasteiger partial charge in [-0.3, -0.25) is 20.2 Å². The molecule has 1 fully saturated rings. The highest BCUT2D eigenvalue weighted by atomic mass is 79.9. The third-order valence-electron chi connectivity index (χ3n) is 4.82. The standard InChI is InChI=1S/C19H19BrN2O4/c1-11-3-5-12(6-4-11)15-17(19(23)26-2)21-16(18(15)22(24)25)13-7-9-14(20)10-8-13/h3-10,15-18,21H,1-2H3/t15-,16-,17-,18+/m1/s1. The summed E-state index contributed by atoms with van der Waals surface area (Å²) in [6.07, 6.45) is 0. The number of ether oxygens (including phenoxy) is 1. The van der Waals surface area contributed by atoms with Gasteiger partial charge in [-0.15, -0.1) is 0 Å². The number of carbonyl (C=O) groups is 1. The number of hydrogen-bond acceptors (Lipinski definition) is 5. The first-order valence-corrected chi connectivity index (χ1v) is 9.01. The molecule has 1 aliphatic rings. The molecule has 3 rings (SSSR count). The van der Waals surface area contributed by atoms with E-state index in [0.717, 1.165) is 21.2 Å². The number of aryl methyl sites for hydroxylation is 1. The molecular weight excluding hydrogens is 400 g/mol. The molecule has 1 saturated heterocycles. The topological polar surface area (TPSA) is 81.5 Å². The molecule has 1 heterocycles. The number of methoxy groups -OCH3 is 1. The minimum atomic E-state index is -0.983. The number of halogens is 1. The number of nitrogens with one attached hydrogen (secondary N) is 1. The van der Waals surface area contributed by atoms with Gasteiger partial charge in [0.05, 0.1) is 13.0 Å². The fourth-order valence-electron chi connectivity index (χ4n) is 3.54. The number of rotatable bonds is 4. The van der Waals surface area contributed by atoms with Gasteiger partial charge >= 0.3 is 5.97 Å². The molecule has 0 saturated carbocycles. The van der Waals surface area contributed by atoms with Crippen LogP contribution in [0.2, 0.25) is 0 Å². The lowest BCUT2D eigenvalue weighted by molar-refractivity contribution is -0.527. The van der Waals surface area contributed by atoms with E-state index >= 15 is 0 Å². The predicted molar refractivity (Wildman–Crippen MR) is 101 cm³/mol. The van der Waals surface area contributed by atoms with Gasteiger partial charge in [0, 0.05) is 9.40 Å². The highest BCUT2D eigenvalue weighted by Crippen LogP contribution is 2.40. The Labute approximate surface area is 159 Å². The monoisotopic (exact) mass is 418 g/mol. The first-order valence-electron chi connectivity index (χ1n) is 8.21. The van der Waals surface area contributed by atoms with Crippen LogP contribution in [-0.4, -0.2) is 30.1 Å². The number of benzene rings is 2. The summed E-state index contributed by atoms with van der Waals surface area (Å²) >= 11 is 3.37. The third-order valence-corrected chi connectivity index (χ3v) is 5.35. The summed E-state index contributed by atoms with van der Waals surface area (Å²) in [5, 5.41) is 15.1. The summed E-state index contributed by atoms with van der Waals surface area (Å²) in [7, 11) is 1.30. The zero-order valence-corrected chi connectivity index (χ0v) is 16.0. The lowest BCUT2D eigenvalue weighted by Crippen LogP contribution is -2.37. The minimum absolute atomic E-state index is 0.298. The van der Waals surface area contributed by atoms with Crippen LogP contribution in [0, 0.1) is 17.0 Å². The van der Waals surface area contributed by atoms with E-state index in [2.05, 4.69) is 21.2 Å². The predicted octanol–water partition coefficient (Wildman–Crippen LogP) is 3.37. The summed E-state index contributed by atoms with van der Waals surface area (Å²) in [4.78, 5) is 24.0. The Morgan fingerprint density at radius 2 is 1.69 bits per heavy atom. The van der Waals surface area contributed by atoms with Crippen LogP contribution in [-0.2, 0) is 9.53 Å². The number of hydrogen-bond donors (Lipinski definition) is 1. The lowest BCUT2D eigenvalue weighted by atomic mass is 9.85. The molecule has 136 valence electrons. The maximum Gasteiger partial charge on any atom is 0.323 e. The molecule has 1 N–H and O–H groups in total. The molecule has 2 aromatic carbocycles. The summed E-state index contributed by atoms with van der Waals surface area (Å²) in [5.41, 5.74) is 2.56. The van der Waals surface area contributed by atoms with Gasteiger partial charge in [-0.2, -0.15) is 0 Å². The molecule has 0 amide bonds. The van der Waals surface area contributed by atoms with E-state index in [1.807, 2.05) is 55.5 Å². The van der Waals surface area contributed by atoms with Crippen molar-refractivity contribution < 1.29 is 14.5 Å². The summed E-state index contributed by atoms with van der Waals surface area (Å²) < 4.78 is 5.80. The quantitative estimate of drug-likeness (QED) is 0.467. The molecule has 0 aromatic heterocycles. The van der Waals surface area contributed by atoms with Crippen LogP contribution in [0.25, 0.3) is 0 Å². The fourth-order valence-corrected chi connectivity index (χ4v) is 3.80. The van der Waals surface area contributed by atoms with E-state index in [-0.39, 0.29) is 4.92 Å². The van der Waals surface area contributed by atoms with Gasteiger partial charge in [-0.1, -0.05) is 57.9 Å². The van der Waals surface area contributed by atoms with Crippen LogP contribution < -0.4 is 5.32 Å². The maximum atomic E-state index is 12.3. The van der Waals surface area contributed by atoms with Crippen LogP contribution in [0.1, 0.15) is 28.7 Å². The first-order chi connectivity index (χ1) is 12.4. The molecule has 26 heavy (non-hydrogen) atoms. The van der Waals surface area contributed by atoms with Crippen molar-refractivity contribution in [3.8, 4) is 0 Å². The average Bonchev–Trinajstić information content (AvgIpc) is 3.03. The first kappa shape index (κ1) is 18.5. The van der Waals surface area contributed by atoms with Gasteiger partial charge in [0.15, 0.2) is 0 Å². The Morgan fingerprint density at radius 1 is 1.12 bits per heavy atom. The highest BCUT2D eigenvalue weighted by Gasteiger charge is 2.54. The molecule has 1 aliphatic heterocycles. The van der Waals surface area contributed by atoms with Crippen molar-refractivity contribution in [2.24, 2.45) is 0 Å². The Morgan fingerprint density at radius 3 is 2.23 bits per heavy atom. The van der Waals surface area contributed by atoms with E-state index in [4.69, 9.17) is 4.74 Å². The van der Waals surface area contributed by atoms with Gasteiger partial charge in [-0.25, -0.2) is 0 Å². The molecular formula is C19H19BrN2O4. The molecule has 0 spiro atoms. The Balaban J connectivity index is 2.07. The largest absolute Gasteiger partial charge is 0.468 e. The van der Waals surface area contributed by atoms with Crippen molar-refractivity contribution in [2.75, 3.05) is 7.11 Å². The Bertz CT molecular complexity index is 807. The van der Waals surface area contributed by atoms with E-state index in [1.54, 1.807) is 0 Å². The molecule has 7 heteroatoms. The Kier molecular flexibility index (Phi) is 5.38. The highest BCUT2D eigenvalue weighted by molar-refractivity contribution is 9.10. The normalized spacial score (nSPS) is 25.0. The van der Waals surface area contributed by atoms with Gasteiger partial charge in [-0.05, 0) is 30.2 Å². The maximum absolute atomic E-state index is 12.3. The van der Waals surface area contributed by atoms with Crippen molar-refractivity contribution in [2.45, 2.75) is 31.0 Å². The van der Waals surface area contributed by atoms with Crippen molar-refractivity contribution in [1.29, 1.82) is 0 Å². The van der Waals surface area contributed by atoms with Gasteiger partial charge < -0.3 is 4.74 Å². The number of carbonyl (C=O) groups excluding carboxylic acids is 1. The smallest absolute Gasteiger partial charge is 0.323 e. The lowest BCUT2D eigenvalue weighted by Gasteiger charge is -2.19. The van der Waals surface area contributed by atoms with E-state index < -0.39 is 30.0 Å². The molecule has 0 bridgehead atoms. The van der Waals surface area contributed by atoms with E-state index in [0.29, 0.717) is 0 Å². The van der Waals surface area contributed by atoms with Crippen LogP contribution in [0.4, 0.5) is 0 Å². The van der Waals surface area contributed by atoms with Gasteiger partial charge in [0.1, 0.15) is 12.1 Å². The van der Waals surface area contributed by atoms with Gasteiger partial charge in [0.2, 0.25) is 6.04 Å². The molecule has 0 unspecified atom stereocenters. The SMILES string of the molecule is COC(=O)[C@@H]1N[C@H](c2ccc(Br)cc2)[C@@H]([N+](=O)[O-])[C@@H]1c1ccc(C)cc1. The molecule has 0 radical (unpaired) electrons. The summed E-state index contributed by atoms with van der Waals surface area (Å²) in [6.45, 7) is 1.95. The van der Waals surface area contributed by atoms with Crippen LogP contribution in [0.15, 0.2) is 53.0 Å². The average molecular weight is 419 g/mol. The third kappa shape index (κ3) is 3.50. The summed E-state index contributed by atoms with van der Waals surface area (Å²) in [6, 6.07) is 12.4. The molecule has 0 aliphatic carbocycles. The van der Waals surface area contributed by atoms with Crippen LogP contribution >= 0.6 is 15.9 Å². The number of esters is 1. The second-order valence-electron chi connectivity index (χ2n) is 6.41. The second-order valence-corrected chi connectivity index (χ2v) is 7.32. The Hall–Kier alpha value is -2.25. The molecule has 2 aromatic rings. The van der Waals surface area contributed by atoms with Crippen LogP contribution in [0.3, 0.4) is 0 Å².